The molecule has 2 aliphatic heterocycles. The lowest BCUT2D eigenvalue weighted by Crippen LogP contribution is -2.52. The Labute approximate surface area is 144 Å². The zero-order chi connectivity index (χ0) is 18.0. The first-order valence-electron chi connectivity index (χ1n) is 8.01. The number of imide groups is 1. The molecule has 0 spiro atoms. The van der Waals surface area contributed by atoms with E-state index in [1.165, 1.54) is 4.90 Å². The highest BCUT2D eigenvalue weighted by Gasteiger charge is 2.39. The molecule has 7 nitrogen and oxygen atoms in total. The number of terminal acetylenes is 1. The molecule has 0 radical (unpaired) electrons. The number of carbonyl (C=O) groups is 4. The van der Waals surface area contributed by atoms with Gasteiger partial charge in [0.15, 0.2) is 0 Å². The van der Waals surface area contributed by atoms with E-state index in [2.05, 4.69) is 16.6 Å². The number of amides is 4. The summed E-state index contributed by atoms with van der Waals surface area (Å²) in [4.78, 5) is 49.4. The van der Waals surface area contributed by atoms with Gasteiger partial charge in [-0.05, 0) is 18.6 Å². The van der Waals surface area contributed by atoms with E-state index >= 15 is 0 Å². The van der Waals surface area contributed by atoms with Crippen LogP contribution < -0.4 is 10.6 Å². The minimum Gasteiger partial charge on any atom is -0.326 e. The number of nitrogens with one attached hydrogen (secondary N) is 2. The lowest BCUT2D eigenvalue weighted by Gasteiger charge is -2.29. The number of hydrogen-bond donors (Lipinski definition) is 2. The van der Waals surface area contributed by atoms with Gasteiger partial charge in [-0.3, -0.25) is 24.5 Å². The molecular weight excluding hydrogens is 322 g/mol. The Morgan fingerprint density at radius 3 is 2.88 bits per heavy atom. The van der Waals surface area contributed by atoms with Gasteiger partial charge in [0, 0.05) is 42.6 Å². The van der Waals surface area contributed by atoms with Crippen LogP contribution in [0.2, 0.25) is 0 Å². The fourth-order valence-corrected chi connectivity index (χ4v) is 3.10. The van der Waals surface area contributed by atoms with Crippen molar-refractivity contribution in [3.05, 3.63) is 29.3 Å². The van der Waals surface area contributed by atoms with Gasteiger partial charge in [0.25, 0.3) is 5.91 Å². The molecule has 0 aliphatic carbocycles. The Morgan fingerprint density at radius 2 is 2.16 bits per heavy atom. The van der Waals surface area contributed by atoms with Crippen molar-refractivity contribution in [2.75, 3.05) is 5.32 Å². The summed E-state index contributed by atoms with van der Waals surface area (Å²) in [5, 5.41) is 5.03. The largest absolute Gasteiger partial charge is 0.326 e. The van der Waals surface area contributed by atoms with E-state index in [9.17, 15) is 19.2 Å². The minimum atomic E-state index is -0.678. The summed E-state index contributed by atoms with van der Waals surface area (Å²) in [7, 11) is 0. The molecule has 0 saturated carbocycles. The molecule has 0 aromatic heterocycles. The van der Waals surface area contributed by atoms with Gasteiger partial charge in [0.05, 0.1) is 0 Å². The number of hydrogen-bond acceptors (Lipinski definition) is 4. The Balaban J connectivity index is 1.80. The van der Waals surface area contributed by atoms with Crippen LogP contribution in [0.3, 0.4) is 0 Å². The normalized spacial score (nSPS) is 19.2. The highest BCUT2D eigenvalue weighted by Crippen LogP contribution is 2.32. The molecule has 1 aromatic rings. The predicted molar refractivity (Wildman–Crippen MR) is 89.2 cm³/mol. The SMILES string of the molecule is C#CCCC(=O)Nc1cccc2c1CN(C1CCC(=O)NC1=O)C2=O. The number of nitrogens with zero attached hydrogens (tertiary/aromatic N) is 1. The zero-order valence-electron chi connectivity index (χ0n) is 13.5. The third-order valence-electron chi connectivity index (χ3n) is 4.35. The van der Waals surface area contributed by atoms with Gasteiger partial charge in [-0.2, -0.15) is 0 Å². The van der Waals surface area contributed by atoms with Crippen molar-refractivity contribution >= 4 is 29.3 Å². The number of piperidine rings is 1. The third-order valence-corrected chi connectivity index (χ3v) is 4.35. The zero-order valence-corrected chi connectivity index (χ0v) is 13.5. The van der Waals surface area contributed by atoms with Crippen molar-refractivity contribution < 1.29 is 19.2 Å². The number of benzene rings is 1. The fourth-order valence-electron chi connectivity index (χ4n) is 3.10. The van der Waals surface area contributed by atoms with Crippen molar-refractivity contribution in [3.8, 4) is 12.3 Å². The molecule has 1 saturated heterocycles. The molecule has 1 aromatic carbocycles. The maximum Gasteiger partial charge on any atom is 0.255 e. The summed E-state index contributed by atoms with van der Waals surface area (Å²) in [5.41, 5.74) is 1.67. The molecule has 128 valence electrons. The van der Waals surface area contributed by atoms with Crippen LogP contribution in [-0.4, -0.2) is 34.6 Å². The van der Waals surface area contributed by atoms with Crippen LogP contribution in [0.5, 0.6) is 0 Å². The van der Waals surface area contributed by atoms with Gasteiger partial charge in [0.2, 0.25) is 17.7 Å². The van der Waals surface area contributed by atoms with Gasteiger partial charge in [-0.25, -0.2) is 0 Å². The van der Waals surface area contributed by atoms with Crippen molar-refractivity contribution in [1.82, 2.24) is 10.2 Å². The van der Waals surface area contributed by atoms with Gasteiger partial charge in [0.1, 0.15) is 6.04 Å². The molecule has 2 aliphatic rings. The number of fused-ring (bicyclic) bond motifs is 1. The first-order chi connectivity index (χ1) is 12.0. The summed E-state index contributed by atoms with van der Waals surface area (Å²) >= 11 is 0. The van der Waals surface area contributed by atoms with Crippen LogP contribution in [0.15, 0.2) is 18.2 Å². The Hall–Kier alpha value is -3.14. The van der Waals surface area contributed by atoms with E-state index in [1.807, 2.05) is 0 Å². The average Bonchev–Trinajstić information content (AvgIpc) is 2.91. The van der Waals surface area contributed by atoms with E-state index in [1.54, 1.807) is 18.2 Å². The first-order valence-corrected chi connectivity index (χ1v) is 8.01. The molecule has 1 unspecified atom stereocenters. The van der Waals surface area contributed by atoms with Crippen LogP contribution in [0.25, 0.3) is 0 Å². The minimum absolute atomic E-state index is 0.199. The van der Waals surface area contributed by atoms with Gasteiger partial charge < -0.3 is 10.2 Å². The van der Waals surface area contributed by atoms with Gasteiger partial charge >= 0.3 is 0 Å². The molecule has 4 amide bonds. The molecule has 3 rings (SSSR count). The van der Waals surface area contributed by atoms with E-state index in [0.717, 1.165) is 0 Å². The predicted octanol–water partition coefficient (Wildman–Crippen LogP) is 0.799. The molecule has 0 bridgehead atoms. The standard InChI is InChI=1S/C18H17N3O4/c1-2-3-7-15(22)19-13-6-4-5-11-12(13)10-21(18(11)25)14-8-9-16(23)20-17(14)24/h1,4-6,14H,3,7-10H2,(H,19,22)(H,20,23,24). The van der Waals surface area contributed by atoms with Gasteiger partial charge in [-0.15, -0.1) is 12.3 Å². The second-order valence-corrected chi connectivity index (χ2v) is 5.98. The maximum atomic E-state index is 12.7. The summed E-state index contributed by atoms with van der Waals surface area (Å²) in [5.74, 6) is 1.12. The Morgan fingerprint density at radius 1 is 1.36 bits per heavy atom. The highest BCUT2D eigenvalue weighted by atomic mass is 16.2. The van der Waals surface area contributed by atoms with E-state index in [0.29, 0.717) is 29.7 Å². The third kappa shape index (κ3) is 3.24. The number of rotatable bonds is 4. The maximum absolute atomic E-state index is 12.7. The van der Waals surface area contributed by atoms with E-state index in [4.69, 9.17) is 6.42 Å². The van der Waals surface area contributed by atoms with Crippen LogP contribution in [-0.2, 0) is 20.9 Å². The summed E-state index contributed by atoms with van der Waals surface area (Å²) in [6.07, 6.45) is 6.19. The lowest BCUT2D eigenvalue weighted by atomic mass is 10.0. The molecule has 1 atom stereocenters. The van der Waals surface area contributed by atoms with Crippen LogP contribution in [0, 0.1) is 12.3 Å². The molecule has 2 N–H and O–H groups in total. The molecule has 1 fully saturated rings. The van der Waals surface area contributed by atoms with Crippen molar-refractivity contribution in [1.29, 1.82) is 0 Å². The van der Waals surface area contributed by atoms with E-state index in [-0.39, 0.29) is 37.1 Å². The smallest absolute Gasteiger partial charge is 0.255 e. The second-order valence-electron chi connectivity index (χ2n) is 5.98. The number of carbonyl (C=O) groups excluding carboxylic acids is 4. The Bertz CT molecular complexity index is 809. The quantitative estimate of drug-likeness (QED) is 0.626. The van der Waals surface area contributed by atoms with Crippen LogP contribution in [0.4, 0.5) is 5.69 Å². The molecular formula is C18H17N3O4. The number of anilines is 1. The van der Waals surface area contributed by atoms with Crippen molar-refractivity contribution in [3.63, 3.8) is 0 Å². The Kier molecular flexibility index (Phi) is 4.52. The highest BCUT2D eigenvalue weighted by molar-refractivity contribution is 6.06. The van der Waals surface area contributed by atoms with Crippen molar-refractivity contribution in [2.24, 2.45) is 0 Å². The average molecular weight is 339 g/mol. The van der Waals surface area contributed by atoms with Crippen LogP contribution >= 0.6 is 0 Å². The van der Waals surface area contributed by atoms with Crippen molar-refractivity contribution in [2.45, 2.75) is 38.3 Å². The molecule has 25 heavy (non-hydrogen) atoms. The summed E-state index contributed by atoms with van der Waals surface area (Å²) in [6, 6.07) is 4.39. The summed E-state index contributed by atoms with van der Waals surface area (Å²) < 4.78 is 0. The first kappa shape index (κ1) is 16.7. The second kappa shape index (κ2) is 6.77. The van der Waals surface area contributed by atoms with E-state index < -0.39 is 11.9 Å². The van der Waals surface area contributed by atoms with Crippen LogP contribution in [0.1, 0.15) is 41.6 Å². The fraction of sp³-hybridized carbons (Fsp3) is 0.333. The lowest BCUT2D eigenvalue weighted by molar-refractivity contribution is -0.137. The molecule has 2 heterocycles. The monoisotopic (exact) mass is 339 g/mol. The summed E-state index contributed by atoms with van der Waals surface area (Å²) in [6.45, 7) is 0.214. The molecule has 7 heteroatoms. The topological polar surface area (TPSA) is 95.6 Å². The van der Waals surface area contributed by atoms with Gasteiger partial charge in [-0.1, -0.05) is 6.07 Å².